The van der Waals surface area contributed by atoms with Crippen LogP contribution < -0.4 is 15.2 Å². The minimum atomic E-state index is -0.0142. The molecule has 1 aromatic rings. The maximum absolute atomic E-state index is 5.82. The van der Waals surface area contributed by atoms with Crippen molar-refractivity contribution in [1.29, 1.82) is 0 Å². The average Bonchev–Trinajstić information content (AvgIpc) is 2.39. The molecule has 0 bridgehead atoms. The Kier molecular flexibility index (Phi) is 4.02. The van der Waals surface area contributed by atoms with E-state index < -0.39 is 0 Å². The first-order valence-electron chi connectivity index (χ1n) is 6.74. The summed E-state index contributed by atoms with van der Waals surface area (Å²) in [5.41, 5.74) is 8.29. The number of rotatable bonds is 4. The first-order valence-corrected chi connectivity index (χ1v) is 6.74. The van der Waals surface area contributed by atoms with E-state index in [2.05, 4.69) is 44.9 Å². The zero-order chi connectivity index (χ0) is 14.0. The van der Waals surface area contributed by atoms with Crippen molar-refractivity contribution < 1.29 is 9.47 Å². The van der Waals surface area contributed by atoms with Crippen LogP contribution in [0.1, 0.15) is 25.0 Å². The lowest BCUT2D eigenvalue weighted by Crippen LogP contribution is -2.46. The Morgan fingerprint density at radius 2 is 1.79 bits per heavy atom. The predicted octanol–water partition coefficient (Wildman–Crippen LogP) is 1.94. The van der Waals surface area contributed by atoms with Gasteiger partial charge in [-0.2, -0.15) is 0 Å². The lowest BCUT2D eigenvalue weighted by Gasteiger charge is -2.35. The zero-order valence-corrected chi connectivity index (χ0v) is 12.3. The van der Waals surface area contributed by atoms with Gasteiger partial charge < -0.3 is 15.2 Å². The van der Waals surface area contributed by atoms with Crippen LogP contribution in [0.3, 0.4) is 0 Å². The van der Waals surface area contributed by atoms with Gasteiger partial charge in [-0.05, 0) is 51.1 Å². The Labute approximate surface area is 115 Å². The molecule has 0 aliphatic carbocycles. The summed E-state index contributed by atoms with van der Waals surface area (Å²) in [7, 11) is 2.10. The average molecular weight is 264 g/mol. The molecule has 0 amide bonds. The second-order valence-corrected chi connectivity index (χ2v) is 5.79. The molecule has 0 spiro atoms. The van der Waals surface area contributed by atoms with Crippen LogP contribution in [0.4, 0.5) is 0 Å². The first-order chi connectivity index (χ1) is 8.94. The van der Waals surface area contributed by atoms with Crippen molar-refractivity contribution in [3.63, 3.8) is 0 Å². The van der Waals surface area contributed by atoms with Gasteiger partial charge in [0.1, 0.15) is 13.2 Å². The van der Waals surface area contributed by atoms with Gasteiger partial charge in [-0.3, -0.25) is 4.90 Å². The third kappa shape index (κ3) is 3.01. The van der Waals surface area contributed by atoms with Crippen LogP contribution in [0, 0.1) is 6.92 Å². The molecule has 4 heteroatoms. The molecular weight excluding hydrogens is 240 g/mol. The van der Waals surface area contributed by atoms with Gasteiger partial charge >= 0.3 is 0 Å². The molecule has 1 aromatic carbocycles. The SMILES string of the molecule is Cc1cc2c(cc1CN(C)C(C)(C)CN)OCCO2. The van der Waals surface area contributed by atoms with Crippen molar-refractivity contribution in [2.45, 2.75) is 32.9 Å². The van der Waals surface area contributed by atoms with Crippen molar-refractivity contribution in [1.82, 2.24) is 4.90 Å². The van der Waals surface area contributed by atoms with Crippen molar-refractivity contribution >= 4 is 0 Å². The van der Waals surface area contributed by atoms with Gasteiger partial charge in [0, 0.05) is 18.6 Å². The number of nitrogens with zero attached hydrogens (tertiary/aromatic N) is 1. The Bertz CT molecular complexity index is 458. The number of ether oxygens (including phenoxy) is 2. The molecule has 0 radical (unpaired) electrons. The third-order valence-electron chi connectivity index (χ3n) is 3.94. The highest BCUT2D eigenvalue weighted by atomic mass is 16.6. The quantitative estimate of drug-likeness (QED) is 0.903. The smallest absolute Gasteiger partial charge is 0.161 e. The van der Waals surface area contributed by atoms with E-state index in [-0.39, 0.29) is 5.54 Å². The normalized spacial score (nSPS) is 14.8. The van der Waals surface area contributed by atoms with Crippen LogP contribution in [0.2, 0.25) is 0 Å². The molecule has 4 nitrogen and oxygen atoms in total. The number of aryl methyl sites for hydroxylation is 1. The summed E-state index contributed by atoms with van der Waals surface area (Å²) < 4.78 is 11.2. The molecule has 19 heavy (non-hydrogen) atoms. The summed E-state index contributed by atoms with van der Waals surface area (Å²) in [6.45, 7) is 9.16. The summed E-state index contributed by atoms with van der Waals surface area (Å²) >= 11 is 0. The Balaban J connectivity index is 2.21. The molecule has 0 saturated carbocycles. The summed E-state index contributed by atoms with van der Waals surface area (Å²) in [5, 5.41) is 0. The number of benzene rings is 1. The summed E-state index contributed by atoms with van der Waals surface area (Å²) in [5.74, 6) is 1.71. The summed E-state index contributed by atoms with van der Waals surface area (Å²) in [4.78, 5) is 2.27. The van der Waals surface area contributed by atoms with Crippen LogP contribution in [0.15, 0.2) is 12.1 Å². The molecular formula is C15H24N2O2. The number of nitrogens with two attached hydrogens (primary N) is 1. The number of likely N-dealkylation sites (N-methyl/N-ethyl adjacent to an activating group) is 1. The predicted molar refractivity (Wildman–Crippen MR) is 76.8 cm³/mol. The molecule has 0 fully saturated rings. The second kappa shape index (κ2) is 5.39. The minimum absolute atomic E-state index is 0.0142. The van der Waals surface area contributed by atoms with Gasteiger partial charge in [-0.25, -0.2) is 0 Å². The molecule has 0 aromatic heterocycles. The fraction of sp³-hybridized carbons (Fsp3) is 0.600. The Morgan fingerprint density at radius 3 is 2.37 bits per heavy atom. The van der Waals surface area contributed by atoms with Crippen LogP contribution >= 0.6 is 0 Å². The molecule has 2 N–H and O–H groups in total. The fourth-order valence-electron chi connectivity index (χ4n) is 2.03. The van der Waals surface area contributed by atoms with E-state index in [9.17, 15) is 0 Å². The highest BCUT2D eigenvalue weighted by Crippen LogP contribution is 2.33. The summed E-state index contributed by atoms with van der Waals surface area (Å²) in [6, 6.07) is 4.15. The highest BCUT2D eigenvalue weighted by Gasteiger charge is 2.23. The molecule has 0 atom stereocenters. The van der Waals surface area contributed by atoms with Gasteiger partial charge in [0.2, 0.25) is 0 Å². The molecule has 1 heterocycles. The van der Waals surface area contributed by atoms with Crippen LogP contribution in [0.25, 0.3) is 0 Å². The maximum atomic E-state index is 5.82. The van der Waals surface area contributed by atoms with E-state index in [1.807, 2.05) is 0 Å². The molecule has 0 saturated heterocycles. The van der Waals surface area contributed by atoms with E-state index >= 15 is 0 Å². The van der Waals surface area contributed by atoms with E-state index in [0.717, 1.165) is 18.0 Å². The standard InChI is InChI=1S/C15H24N2O2/c1-11-7-13-14(19-6-5-18-13)8-12(11)9-17(4)15(2,3)10-16/h7-8H,5-6,9-10,16H2,1-4H3. The van der Waals surface area contributed by atoms with Gasteiger partial charge in [0.15, 0.2) is 11.5 Å². The zero-order valence-electron chi connectivity index (χ0n) is 12.3. The first kappa shape index (κ1) is 14.2. The van der Waals surface area contributed by atoms with Crippen molar-refractivity contribution in [2.75, 3.05) is 26.8 Å². The fourth-order valence-corrected chi connectivity index (χ4v) is 2.03. The molecule has 1 aliphatic rings. The molecule has 2 rings (SSSR count). The number of fused-ring (bicyclic) bond motifs is 1. The monoisotopic (exact) mass is 264 g/mol. The van der Waals surface area contributed by atoms with E-state index in [1.165, 1.54) is 11.1 Å². The molecule has 0 unspecified atom stereocenters. The van der Waals surface area contributed by atoms with Crippen LogP contribution in [-0.4, -0.2) is 37.2 Å². The number of hydrogen-bond acceptors (Lipinski definition) is 4. The van der Waals surface area contributed by atoms with Crippen molar-refractivity contribution in [3.05, 3.63) is 23.3 Å². The van der Waals surface area contributed by atoms with Crippen molar-refractivity contribution in [3.8, 4) is 11.5 Å². The highest BCUT2D eigenvalue weighted by molar-refractivity contribution is 5.47. The van der Waals surface area contributed by atoms with Crippen LogP contribution in [-0.2, 0) is 6.54 Å². The topological polar surface area (TPSA) is 47.7 Å². The minimum Gasteiger partial charge on any atom is -0.486 e. The van der Waals surface area contributed by atoms with E-state index in [4.69, 9.17) is 15.2 Å². The number of hydrogen-bond donors (Lipinski definition) is 1. The second-order valence-electron chi connectivity index (χ2n) is 5.79. The lowest BCUT2D eigenvalue weighted by molar-refractivity contribution is 0.153. The Hall–Kier alpha value is -1.26. The maximum Gasteiger partial charge on any atom is 0.161 e. The summed E-state index contributed by atoms with van der Waals surface area (Å²) in [6.07, 6.45) is 0. The van der Waals surface area contributed by atoms with Gasteiger partial charge in [-0.1, -0.05) is 0 Å². The Morgan fingerprint density at radius 1 is 1.21 bits per heavy atom. The van der Waals surface area contributed by atoms with Gasteiger partial charge in [-0.15, -0.1) is 0 Å². The van der Waals surface area contributed by atoms with Gasteiger partial charge in [0.05, 0.1) is 0 Å². The van der Waals surface area contributed by atoms with Crippen LogP contribution in [0.5, 0.6) is 11.5 Å². The third-order valence-corrected chi connectivity index (χ3v) is 3.94. The molecule has 1 aliphatic heterocycles. The van der Waals surface area contributed by atoms with Gasteiger partial charge in [0.25, 0.3) is 0 Å². The largest absolute Gasteiger partial charge is 0.486 e. The lowest BCUT2D eigenvalue weighted by atomic mass is 10.0. The van der Waals surface area contributed by atoms with Crippen molar-refractivity contribution in [2.24, 2.45) is 5.73 Å². The van der Waals surface area contributed by atoms with E-state index in [0.29, 0.717) is 19.8 Å². The van der Waals surface area contributed by atoms with E-state index in [1.54, 1.807) is 0 Å². The molecule has 106 valence electrons.